The van der Waals surface area contributed by atoms with Crippen LogP contribution in [0.3, 0.4) is 0 Å². The molecule has 0 fully saturated rings. The van der Waals surface area contributed by atoms with E-state index in [0.717, 1.165) is 0 Å². The predicted octanol–water partition coefficient (Wildman–Crippen LogP) is 2.32. The van der Waals surface area contributed by atoms with Gasteiger partial charge >= 0.3 is 12.3 Å². The summed E-state index contributed by atoms with van der Waals surface area (Å²) in [7, 11) is 0. The van der Waals surface area contributed by atoms with Crippen molar-refractivity contribution >= 4 is 5.91 Å². The molecule has 0 aromatic heterocycles. The van der Waals surface area contributed by atoms with Crippen molar-refractivity contribution < 1.29 is 22.4 Å². The van der Waals surface area contributed by atoms with Crippen LogP contribution < -0.4 is 5.32 Å². The van der Waals surface area contributed by atoms with E-state index in [1.807, 2.05) is 0 Å². The van der Waals surface area contributed by atoms with Crippen LogP contribution in [0.2, 0.25) is 0 Å². The van der Waals surface area contributed by atoms with Gasteiger partial charge in [-0.05, 0) is 12.1 Å². The van der Waals surface area contributed by atoms with Gasteiger partial charge in [-0.25, -0.2) is 8.78 Å². The van der Waals surface area contributed by atoms with Gasteiger partial charge in [0.25, 0.3) is 5.91 Å². The number of nitrogens with one attached hydrogen (secondary N) is 1. The van der Waals surface area contributed by atoms with Gasteiger partial charge in [-0.3, -0.25) is 4.79 Å². The van der Waals surface area contributed by atoms with Gasteiger partial charge in [-0.2, -0.15) is 8.78 Å². The maximum Gasteiger partial charge on any atom is 0.324 e. The predicted molar refractivity (Wildman–Crippen MR) is 49.7 cm³/mol. The van der Waals surface area contributed by atoms with E-state index in [1.54, 1.807) is 23.5 Å². The van der Waals surface area contributed by atoms with E-state index >= 15 is 0 Å². The van der Waals surface area contributed by atoms with Crippen LogP contribution in [0, 0.1) is 0 Å². The molecule has 0 heterocycles. The highest BCUT2D eigenvalue weighted by molar-refractivity contribution is 5.94. The molecular weight excluding hydrogens is 226 g/mol. The molecule has 0 aliphatic carbocycles. The highest BCUT2D eigenvalue weighted by Crippen LogP contribution is 2.21. The summed E-state index contributed by atoms with van der Waals surface area (Å²) >= 11 is 0. The van der Waals surface area contributed by atoms with Crippen LogP contribution in [0.4, 0.5) is 17.6 Å². The summed E-state index contributed by atoms with van der Waals surface area (Å²) < 4.78 is 48.4. The minimum absolute atomic E-state index is 0.146. The Labute approximate surface area is 89.3 Å². The molecule has 16 heavy (non-hydrogen) atoms. The summed E-state index contributed by atoms with van der Waals surface area (Å²) in [4.78, 5) is 11.2. The van der Waals surface area contributed by atoms with Gasteiger partial charge in [0.1, 0.15) is 0 Å². The van der Waals surface area contributed by atoms with Crippen LogP contribution in [-0.4, -0.2) is 24.8 Å². The van der Waals surface area contributed by atoms with Crippen molar-refractivity contribution in [1.82, 2.24) is 5.32 Å². The Morgan fingerprint density at radius 2 is 1.81 bits per heavy atom. The molecule has 0 aliphatic rings. The second-order valence-corrected chi connectivity index (χ2v) is 3.11. The molecule has 88 valence electrons. The number of hydrogen-bond acceptors (Lipinski definition) is 1. The lowest BCUT2D eigenvalue weighted by atomic mass is 10.2. The van der Waals surface area contributed by atoms with Crippen LogP contribution in [0.5, 0.6) is 0 Å². The smallest absolute Gasteiger partial charge is 0.324 e. The second-order valence-electron chi connectivity index (χ2n) is 3.11. The lowest BCUT2D eigenvalue weighted by Gasteiger charge is -2.15. The van der Waals surface area contributed by atoms with E-state index in [1.165, 1.54) is 12.1 Å². The number of halogens is 4. The molecule has 0 saturated carbocycles. The van der Waals surface area contributed by atoms with Gasteiger partial charge in [-0.1, -0.05) is 18.2 Å². The fourth-order valence-corrected chi connectivity index (χ4v) is 0.967. The van der Waals surface area contributed by atoms with Crippen molar-refractivity contribution in [2.45, 2.75) is 12.3 Å². The van der Waals surface area contributed by atoms with Crippen molar-refractivity contribution in [2.24, 2.45) is 0 Å². The molecule has 1 aromatic carbocycles. The van der Waals surface area contributed by atoms with Gasteiger partial charge < -0.3 is 5.32 Å². The van der Waals surface area contributed by atoms with Crippen LogP contribution >= 0.6 is 0 Å². The molecule has 0 atom stereocenters. The molecule has 0 bridgehead atoms. The summed E-state index contributed by atoms with van der Waals surface area (Å²) in [5, 5.41) is 1.75. The number of alkyl halides is 4. The molecule has 1 aromatic rings. The van der Waals surface area contributed by atoms with E-state index < -0.39 is 24.8 Å². The van der Waals surface area contributed by atoms with E-state index in [0.29, 0.717) is 0 Å². The Morgan fingerprint density at radius 3 is 2.31 bits per heavy atom. The summed E-state index contributed by atoms with van der Waals surface area (Å²) in [6, 6.07) is 7.52. The SMILES string of the molecule is O=C(NCC(F)(F)C(F)F)c1ccccc1. The fraction of sp³-hybridized carbons (Fsp3) is 0.300. The number of benzene rings is 1. The first-order valence-corrected chi connectivity index (χ1v) is 4.42. The quantitative estimate of drug-likeness (QED) is 0.797. The second kappa shape index (κ2) is 4.96. The van der Waals surface area contributed by atoms with Gasteiger partial charge in [0.2, 0.25) is 0 Å². The molecule has 1 N–H and O–H groups in total. The highest BCUT2D eigenvalue weighted by Gasteiger charge is 2.40. The topological polar surface area (TPSA) is 29.1 Å². The number of hydrogen-bond donors (Lipinski definition) is 1. The van der Waals surface area contributed by atoms with Crippen molar-refractivity contribution in [3.05, 3.63) is 35.9 Å². The van der Waals surface area contributed by atoms with Crippen LogP contribution in [-0.2, 0) is 0 Å². The number of rotatable bonds is 4. The standard InChI is InChI=1S/C10H9F4NO/c11-9(12)10(13,14)6-15-8(16)7-4-2-1-3-5-7/h1-5,9H,6H2,(H,15,16). The Balaban J connectivity index is 2.54. The van der Waals surface area contributed by atoms with E-state index in [4.69, 9.17) is 0 Å². The molecule has 6 heteroatoms. The molecule has 0 radical (unpaired) electrons. The van der Waals surface area contributed by atoms with Gasteiger partial charge in [0, 0.05) is 5.56 Å². The van der Waals surface area contributed by atoms with E-state index in [2.05, 4.69) is 0 Å². The summed E-state index contributed by atoms with van der Waals surface area (Å²) in [5.41, 5.74) is 0.146. The molecule has 1 amide bonds. The van der Waals surface area contributed by atoms with Crippen LogP contribution in [0.25, 0.3) is 0 Å². The zero-order valence-electron chi connectivity index (χ0n) is 8.09. The van der Waals surface area contributed by atoms with Gasteiger partial charge in [0.15, 0.2) is 0 Å². The lowest BCUT2D eigenvalue weighted by Crippen LogP contribution is -2.41. The first-order valence-electron chi connectivity index (χ1n) is 4.42. The largest absolute Gasteiger partial charge is 0.346 e. The average molecular weight is 235 g/mol. The molecule has 0 aliphatic heterocycles. The van der Waals surface area contributed by atoms with Crippen LogP contribution in [0.15, 0.2) is 30.3 Å². The first kappa shape index (κ1) is 12.5. The molecule has 0 unspecified atom stereocenters. The Hall–Kier alpha value is -1.59. The fourth-order valence-electron chi connectivity index (χ4n) is 0.967. The first-order chi connectivity index (χ1) is 7.43. The summed E-state index contributed by atoms with van der Waals surface area (Å²) in [6.45, 7) is -1.38. The third-order valence-corrected chi connectivity index (χ3v) is 1.84. The van der Waals surface area contributed by atoms with Crippen molar-refractivity contribution in [1.29, 1.82) is 0 Å². The maximum atomic E-state index is 12.5. The van der Waals surface area contributed by atoms with Crippen LogP contribution in [0.1, 0.15) is 10.4 Å². The summed E-state index contributed by atoms with van der Waals surface area (Å²) in [5.74, 6) is -5.01. The Morgan fingerprint density at radius 1 is 1.25 bits per heavy atom. The van der Waals surface area contributed by atoms with Gasteiger partial charge in [0.05, 0.1) is 6.54 Å². The normalized spacial score (nSPS) is 11.6. The lowest BCUT2D eigenvalue weighted by molar-refractivity contribution is -0.123. The Bertz CT molecular complexity index is 353. The van der Waals surface area contributed by atoms with E-state index in [9.17, 15) is 22.4 Å². The third-order valence-electron chi connectivity index (χ3n) is 1.84. The minimum atomic E-state index is -4.20. The molecule has 1 rings (SSSR count). The zero-order valence-corrected chi connectivity index (χ0v) is 8.09. The molecule has 0 spiro atoms. The van der Waals surface area contributed by atoms with Crippen molar-refractivity contribution in [2.75, 3.05) is 6.54 Å². The van der Waals surface area contributed by atoms with Crippen molar-refractivity contribution in [3.8, 4) is 0 Å². The molecule has 0 saturated heterocycles. The van der Waals surface area contributed by atoms with Gasteiger partial charge in [-0.15, -0.1) is 0 Å². The monoisotopic (exact) mass is 235 g/mol. The third kappa shape index (κ3) is 3.22. The number of carbonyl (C=O) groups excluding carboxylic acids is 1. The average Bonchev–Trinajstić information content (AvgIpc) is 2.27. The highest BCUT2D eigenvalue weighted by atomic mass is 19.3. The number of carbonyl (C=O) groups is 1. The minimum Gasteiger partial charge on any atom is -0.346 e. The van der Waals surface area contributed by atoms with E-state index in [-0.39, 0.29) is 5.56 Å². The summed E-state index contributed by atoms with van der Waals surface area (Å²) in [6.07, 6.45) is -3.79. The molecule has 2 nitrogen and oxygen atoms in total. The Kier molecular flexibility index (Phi) is 3.87. The number of amides is 1. The zero-order chi connectivity index (χ0) is 12.2. The van der Waals surface area contributed by atoms with Crippen molar-refractivity contribution in [3.63, 3.8) is 0 Å². The molecular formula is C10H9F4NO. The maximum absolute atomic E-state index is 12.5.